The molecule has 2 aromatic carbocycles. The van der Waals surface area contributed by atoms with E-state index in [1.54, 1.807) is 24.3 Å². The number of rotatable bonds is 3. The van der Waals surface area contributed by atoms with E-state index >= 15 is 0 Å². The van der Waals surface area contributed by atoms with E-state index in [4.69, 9.17) is 5.11 Å². The van der Waals surface area contributed by atoms with Crippen LogP contribution in [0.1, 0.15) is 0 Å². The second-order valence-electron chi connectivity index (χ2n) is 3.61. The fraction of sp³-hybridized carbons (Fsp3) is 0. The van der Waals surface area contributed by atoms with Gasteiger partial charge in [-0.2, -0.15) is 0 Å². The number of halogens is 1. The summed E-state index contributed by atoms with van der Waals surface area (Å²) in [5, 5.41) is 9.12. The molecule has 0 aliphatic carbocycles. The molecule has 2 aromatic rings. The smallest absolute Gasteiger partial charge is 0.261 e. The lowest BCUT2D eigenvalue weighted by atomic mass is 10.3. The molecule has 6 heteroatoms. The second-order valence-corrected chi connectivity index (χ2v) is 6.53. The van der Waals surface area contributed by atoms with Gasteiger partial charge in [0.25, 0.3) is 10.0 Å². The quantitative estimate of drug-likeness (QED) is 0.641. The molecule has 0 radical (unpaired) electrons. The minimum Gasteiger partial charge on any atom is -0.508 e. The molecule has 0 spiro atoms. The van der Waals surface area contributed by atoms with Gasteiger partial charge in [-0.25, -0.2) is 8.42 Å². The molecule has 0 fully saturated rings. The van der Waals surface area contributed by atoms with Gasteiger partial charge in [0.2, 0.25) is 0 Å². The fourth-order valence-electron chi connectivity index (χ4n) is 1.36. The molecule has 0 saturated heterocycles. The third kappa shape index (κ3) is 3.14. The third-order valence-electron chi connectivity index (χ3n) is 2.24. The van der Waals surface area contributed by atoms with Crippen LogP contribution in [0.4, 0.5) is 5.69 Å². The topological polar surface area (TPSA) is 66.4 Å². The number of anilines is 1. The summed E-state index contributed by atoms with van der Waals surface area (Å²) in [4.78, 5) is 0.205. The van der Waals surface area contributed by atoms with Gasteiger partial charge < -0.3 is 5.11 Å². The van der Waals surface area contributed by atoms with Crippen molar-refractivity contribution in [3.8, 4) is 5.75 Å². The van der Waals surface area contributed by atoms with Crippen molar-refractivity contribution < 1.29 is 13.5 Å². The van der Waals surface area contributed by atoms with Crippen LogP contribution in [0.5, 0.6) is 5.75 Å². The zero-order chi connectivity index (χ0) is 13.2. The van der Waals surface area contributed by atoms with Gasteiger partial charge in [0.1, 0.15) is 5.75 Å². The molecule has 0 unspecified atom stereocenters. The van der Waals surface area contributed by atoms with Crippen LogP contribution < -0.4 is 4.72 Å². The Hall–Kier alpha value is -1.28. The van der Waals surface area contributed by atoms with Crippen LogP contribution in [0.3, 0.4) is 0 Å². The number of hydrogen-bond donors (Lipinski definition) is 2. The number of hydrogen-bond acceptors (Lipinski definition) is 3. The van der Waals surface area contributed by atoms with Gasteiger partial charge in [0, 0.05) is 9.26 Å². The van der Waals surface area contributed by atoms with Gasteiger partial charge in [-0.05, 0) is 71.1 Å². The Labute approximate surface area is 119 Å². The molecule has 0 saturated carbocycles. The highest BCUT2D eigenvalue weighted by atomic mass is 127. The maximum Gasteiger partial charge on any atom is 0.261 e. The van der Waals surface area contributed by atoms with E-state index in [9.17, 15) is 8.42 Å². The van der Waals surface area contributed by atoms with Gasteiger partial charge in [-0.15, -0.1) is 0 Å². The van der Waals surface area contributed by atoms with Gasteiger partial charge in [-0.1, -0.05) is 0 Å². The van der Waals surface area contributed by atoms with Crippen molar-refractivity contribution in [1.82, 2.24) is 0 Å². The lowest BCUT2D eigenvalue weighted by Gasteiger charge is -2.08. The van der Waals surface area contributed by atoms with Gasteiger partial charge in [0.15, 0.2) is 0 Å². The lowest BCUT2D eigenvalue weighted by molar-refractivity contribution is 0.475. The standard InChI is InChI=1S/C12H10INO3S/c13-9-1-7-12(8-2-9)18(16,17)14-10-3-5-11(15)6-4-10/h1-8,14-15H. The number of benzene rings is 2. The zero-order valence-electron chi connectivity index (χ0n) is 9.17. The highest BCUT2D eigenvalue weighted by molar-refractivity contribution is 14.1. The molecule has 0 bridgehead atoms. The van der Waals surface area contributed by atoms with E-state index in [1.807, 2.05) is 0 Å². The maximum absolute atomic E-state index is 12.0. The second kappa shape index (κ2) is 5.15. The number of phenolic OH excluding ortho intramolecular Hbond substituents is 1. The summed E-state index contributed by atoms with van der Waals surface area (Å²) in [7, 11) is -3.58. The Morgan fingerprint density at radius 3 is 2.06 bits per heavy atom. The van der Waals surface area contributed by atoms with Crippen LogP contribution in [-0.2, 0) is 10.0 Å². The molecule has 2 N–H and O–H groups in total. The van der Waals surface area contributed by atoms with E-state index in [0.717, 1.165) is 3.57 Å². The molecule has 0 aliphatic rings. The fourth-order valence-corrected chi connectivity index (χ4v) is 2.78. The summed E-state index contributed by atoms with van der Waals surface area (Å²) in [6.45, 7) is 0. The highest BCUT2D eigenvalue weighted by Crippen LogP contribution is 2.19. The molecule has 0 atom stereocenters. The first-order valence-corrected chi connectivity index (χ1v) is 7.61. The van der Waals surface area contributed by atoms with Crippen molar-refractivity contribution in [2.24, 2.45) is 0 Å². The molecule has 94 valence electrons. The molecular formula is C12H10INO3S. The Morgan fingerprint density at radius 2 is 1.50 bits per heavy atom. The Kier molecular flexibility index (Phi) is 3.76. The van der Waals surface area contributed by atoms with Crippen molar-refractivity contribution in [2.75, 3.05) is 4.72 Å². The van der Waals surface area contributed by atoms with Crippen LogP contribution in [0.15, 0.2) is 53.4 Å². The molecule has 4 nitrogen and oxygen atoms in total. The van der Waals surface area contributed by atoms with Crippen LogP contribution >= 0.6 is 22.6 Å². The third-order valence-corrected chi connectivity index (χ3v) is 4.36. The first-order chi connectivity index (χ1) is 8.47. The van der Waals surface area contributed by atoms with E-state index in [-0.39, 0.29) is 10.6 Å². The van der Waals surface area contributed by atoms with Crippen LogP contribution in [0.2, 0.25) is 0 Å². The molecule has 18 heavy (non-hydrogen) atoms. The summed E-state index contributed by atoms with van der Waals surface area (Å²) < 4.78 is 27.5. The first-order valence-electron chi connectivity index (χ1n) is 5.05. The average Bonchev–Trinajstić information content (AvgIpc) is 2.32. The van der Waals surface area contributed by atoms with Gasteiger partial charge >= 0.3 is 0 Å². The molecule has 0 aromatic heterocycles. The Balaban J connectivity index is 2.27. The average molecular weight is 375 g/mol. The van der Waals surface area contributed by atoms with E-state index < -0.39 is 10.0 Å². The summed E-state index contributed by atoms with van der Waals surface area (Å²) in [5.41, 5.74) is 0.409. The largest absolute Gasteiger partial charge is 0.508 e. The predicted octanol–water partition coefficient (Wildman–Crippen LogP) is 2.80. The van der Waals surface area contributed by atoms with Crippen molar-refractivity contribution in [3.05, 3.63) is 52.1 Å². The van der Waals surface area contributed by atoms with Crippen molar-refractivity contribution in [2.45, 2.75) is 4.90 Å². The molecule has 2 rings (SSSR count). The van der Waals surface area contributed by atoms with Crippen LogP contribution in [0, 0.1) is 3.57 Å². The van der Waals surface area contributed by atoms with Crippen molar-refractivity contribution in [3.63, 3.8) is 0 Å². The van der Waals surface area contributed by atoms with Gasteiger partial charge in [0.05, 0.1) is 4.90 Å². The zero-order valence-corrected chi connectivity index (χ0v) is 12.1. The summed E-state index contributed by atoms with van der Waals surface area (Å²) in [6.07, 6.45) is 0. The van der Waals surface area contributed by atoms with Crippen LogP contribution in [0.25, 0.3) is 0 Å². The van der Waals surface area contributed by atoms with Gasteiger partial charge in [-0.3, -0.25) is 4.72 Å². The van der Waals surface area contributed by atoms with E-state index in [1.165, 1.54) is 24.3 Å². The summed E-state index contributed by atoms with van der Waals surface area (Å²) >= 11 is 2.11. The highest BCUT2D eigenvalue weighted by Gasteiger charge is 2.13. The normalized spacial score (nSPS) is 11.2. The minimum atomic E-state index is -3.58. The van der Waals surface area contributed by atoms with Crippen LogP contribution in [-0.4, -0.2) is 13.5 Å². The number of nitrogens with one attached hydrogen (secondary N) is 1. The summed E-state index contributed by atoms with van der Waals surface area (Å²) in [6, 6.07) is 12.4. The summed E-state index contributed by atoms with van der Waals surface area (Å²) in [5.74, 6) is 0.0900. The Morgan fingerprint density at radius 1 is 0.944 bits per heavy atom. The molecular weight excluding hydrogens is 365 g/mol. The SMILES string of the molecule is O=S(=O)(Nc1ccc(O)cc1)c1ccc(I)cc1. The predicted molar refractivity (Wildman–Crippen MR) is 78.1 cm³/mol. The van der Waals surface area contributed by atoms with Crippen molar-refractivity contribution in [1.29, 1.82) is 0 Å². The lowest BCUT2D eigenvalue weighted by Crippen LogP contribution is -2.12. The molecule has 0 amide bonds. The van der Waals surface area contributed by atoms with E-state index in [0.29, 0.717) is 5.69 Å². The van der Waals surface area contributed by atoms with E-state index in [2.05, 4.69) is 27.3 Å². The number of sulfonamides is 1. The van der Waals surface area contributed by atoms with Crippen molar-refractivity contribution >= 4 is 38.3 Å². The number of aromatic hydroxyl groups is 1. The maximum atomic E-state index is 12.0. The molecule has 0 aliphatic heterocycles. The number of phenols is 1. The molecule has 0 heterocycles. The first kappa shape index (κ1) is 13.2. The monoisotopic (exact) mass is 375 g/mol. The minimum absolute atomic E-state index is 0.0900. The Bertz CT molecular complexity index is 636.